The van der Waals surface area contributed by atoms with Gasteiger partial charge in [-0.2, -0.15) is 5.26 Å². The van der Waals surface area contributed by atoms with Crippen molar-refractivity contribution in [1.29, 1.82) is 5.26 Å². The van der Waals surface area contributed by atoms with Crippen LogP contribution in [0.15, 0.2) is 24.3 Å². The summed E-state index contributed by atoms with van der Waals surface area (Å²) >= 11 is 0. The van der Waals surface area contributed by atoms with Gasteiger partial charge in [0.2, 0.25) is 0 Å². The predicted molar refractivity (Wildman–Crippen MR) is 62.2 cm³/mol. The molecule has 0 fully saturated rings. The van der Waals surface area contributed by atoms with E-state index in [2.05, 4.69) is 11.0 Å². The number of rotatable bonds is 6. The van der Waals surface area contributed by atoms with Crippen LogP contribution in [-0.2, 0) is 6.54 Å². The molecule has 0 unspecified atom stereocenters. The van der Waals surface area contributed by atoms with E-state index in [4.69, 9.17) is 5.26 Å². The van der Waals surface area contributed by atoms with E-state index in [0.717, 1.165) is 31.5 Å². The number of halogens is 1. The molecule has 0 aliphatic heterocycles. The Labute approximate surface area is 96.3 Å². The monoisotopic (exact) mass is 220 g/mol. The first kappa shape index (κ1) is 12.7. The Kier molecular flexibility index (Phi) is 5.52. The molecule has 0 atom stereocenters. The van der Waals surface area contributed by atoms with Crippen LogP contribution in [-0.4, -0.2) is 18.5 Å². The van der Waals surface area contributed by atoms with Crippen molar-refractivity contribution >= 4 is 0 Å². The second kappa shape index (κ2) is 6.97. The van der Waals surface area contributed by atoms with Crippen LogP contribution in [0, 0.1) is 17.1 Å². The first-order valence-electron chi connectivity index (χ1n) is 5.52. The third-order valence-corrected chi connectivity index (χ3v) is 2.42. The number of benzene rings is 1. The fraction of sp³-hybridized carbons (Fsp3) is 0.462. The van der Waals surface area contributed by atoms with Crippen molar-refractivity contribution in [3.63, 3.8) is 0 Å². The molecule has 0 saturated carbocycles. The highest BCUT2D eigenvalue weighted by Crippen LogP contribution is 2.07. The van der Waals surface area contributed by atoms with E-state index >= 15 is 0 Å². The van der Waals surface area contributed by atoms with E-state index in [1.165, 1.54) is 6.07 Å². The molecule has 0 radical (unpaired) electrons. The van der Waals surface area contributed by atoms with Crippen molar-refractivity contribution in [2.24, 2.45) is 0 Å². The van der Waals surface area contributed by atoms with Gasteiger partial charge in [-0.05, 0) is 44.1 Å². The second-order valence-electron chi connectivity index (χ2n) is 3.98. The standard InChI is InChI=1S/C13H17FN2/c1-16(9-4-2-3-8-15)11-12-6-5-7-13(14)10-12/h5-7,10H,2-4,9,11H2,1H3. The molecule has 16 heavy (non-hydrogen) atoms. The molecule has 2 nitrogen and oxygen atoms in total. The van der Waals surface area contributed by atoms with Gasteiger partial charge in [0.25, 0.3) is 0 Å². The van der Waals surface area contributed by atoms with E-state index in [0.29, 0.717) is 6.42 Å². The lowest BCUT2D eigenvalue weighted by atomic mass is 10.2. The molecule has 0 bridgehead atoms. The van der Waals surface area contributed by atoms with Crippen LogP contribution in [0.25, 0.3) is 0 Å². The average Bonchev–Trinajstić information content (AvgIpc) is 2.24. The molecule has 0 amide bonds. The topological polar surface area (TPSA) is 27.0 Å². The lowest BCUT2D eigenvalue weighted by Crippen LogP contribution is -2.19. The van der Waals surface area contributed by atoms with Gasteiger partial charge in [0.1, 0.15) is 5.82 Å². The minimum atomic E-state index is -0.185. The summed E-state index contributed by atoms with van der Waals surface area (Å²) in [6, 6.07) is 8.80. The zero-order chi connectivity index (χ0) is 11.8. The lowest BCUT2D eigenvalue weighted by Gasteiger charge is -2.16. The third kappa shape index (κ3) is 4.90. The average molecular weight is 220 g/mol. The Balaban J connectivity index is 2.29. The van der Waals surface area contributed by atoms with E-state index in [1.54, 1.807) is 12.1 Å². The van der Waals surface area contributed by atoms with Crippen molar-refractivity contribution < 1.29 is 4.39 Å². The van der Waals surface area contributed by atoms with E-state index in [1.807, 2.05) is 13.1 Å². The maximum absolute atomic E-state index is 12.9. The number of hydrogen-bond donors (Lipinski definition) is 0. The van der Waals surface area contributed by atoms with Crippen LogP contribution < -0.4 is 0 Å². The molecule has 3 heteroatoms. The quantitative estimate of drug-likeness (QED) is 0.689. The van der Waals surface area contributed by atoms with Crippen LogP contribution in [0.5, 0.6) is 0 Å². The van der Waals surface area contributed by atoms with Gasteiger partial charge in [-0.25, -0.2) is 4.39 Å². The minimum Gasteiger partial charge on any atom is -0.302 e. The Morgan fingerprint density at radius 1 is 1.38 bits per heavy atom. The lowest BCUT2D eigenvalue weighted by molar-refractivity contribution is 0.319. The van der Waals surface area contributed by atoms with Crippen molar-refractivity contribution in [2.75, 3.05) is 13.6 Å². The molecule has 0 aromatic heterocycles. The smallest absolute Gasteiger partial charge is 0.123 e. The SMILES string of the molecule is CN(CCCCC#N)Cc1cccc(F)c1. The van der Waals surface area contributed by atoms with Crippen molar-refractivity contribution in [1.82, 2.24) is 4.90 Å². The van der Waals surface area contributed by atoms with E-state index in [-0.39, 0.29) is 5.82 Å². The Bertz CT molecular complexity index is 357. The third-order valence-electron chi connectivity index (χ3n) is 2.42. The van der Waals surface area contributed by atoms with Crippen molar-refractivity contribution in [3.8, 4) is 6.07 Å². The fourth-order valence-electron chi connectivity index (χ4n) is 1.61. The second-order valence-corrected chi connectivity index (χ2v) is 3.98. The highest BCUT2D eigenvalue weighted by Gasteiger charge is 2.01. The number of hydrogen-bond acceptors (Lipinski definition) is 2. The zero-order valence-corrected chi connectivity index (χ0v) is 9.62. The summed E-state index contributed by atoms with van der Waals surface area (Å²) in [7, 11) is 2.01. The fourth-order valence-corrected chi connectivity index (χ4v) is 1.61. The molecule has 1 rings (SSSR count). The Morgan fingerprint density at radius 3 is 2.88 bits per heavy atom. The molecule has 0 heterocycles. The summed E-state index contributed by atoms with van der Waals surface area (Å²) in [5, 5.41) is 8.39. The van der Waals surface area contributed by atoms with Crippen LogP contribution in [0.4, 0.5) is 4.39 Å². The summed E-state index contributed by atoms with van der Waals surface area (Å²) < 4.78 is 12.9. The number of unbranched alkanes of at least 4 members (excludes halogenated alkanes) is 2. The van der Waals surface area contributed by atoms with Gasteiger partial charge in [-0.1, -0.05) is 12.1 Å². The number of nitrogens with zero attached hydrogens (tertiary/aromatic N) is 2. The largest absolute Gasteiger partial charge is 0.302 e. The summed E-state index contributed by atoms with van der Waals surface area (Å²) in [4.78, 5) is 2.14. The Hall–Kier alpha value is -1.40. The van der Waals surface area contributed by atoms with Gasteiger partial charge in [-0.3, -0.25) is 0 Å². The van der Waals surface area contributed by atoms with Crippen LogP contribution in [0.3, 0.4) is 0 Å². The molecule has 86 valence electrons. The molecular weight excluding hydrogens is 203 g/mol. The first-order valence-corrected chi connectivity index (χ1v) is 5.52. The van der Waals surface area contributed by atoms with Gasteiger partial charge in [0, 0.05) is 13.0 Å². The highest BCUT2D eigenvalue weighted by molar-refractivity contribution is 5.15. The molecule has 1 aromatic rings. The molecule has 1 aromatic carbocycles. The van der Waals surface area contributed by atoms with E-state index in [9.17, 15) is 4.39 Å². The van der Waals surface area contributed by atoms with Gasteiger partial charge in [0.15, 0.2) is 0 Å². The maximum Gasteiger partial charge on any atom is 0.123 e. The van der Waals surface area contributed by atoms with Gasteiger partial charge < -0.3 is 4.90 Å². The summed E-state index contributed by atoms with van der Waals surface area (Å²) in [5.41, 5.74) is 0.989. The molecule has 0 aliphatic carbocycles. The van der Waals surface area contributed by atoms with Gasteiger partial charge in [-0.15, -0.1) is 0 Å². The molecule has 0 spiro atoms. The zero-order valence-electron chi connectivity index (χ0n) is 9.62. The van der Waals surface area contributed by atoms with Crippen LogP contribution >= 0.6 is 0 Å². The van der Waals surface area contributed by atoms with Crippen LogP contribution in [0.2, 0.25) is 0 Å². The summed E-state index contributed by atoms with van der Waals surface area (Å²) in [5.74, 6) is -0.185. The first-order chi connectivity index (χ1) is 7.72. The van der Waals surface area contributed by atoms with E-state index < -0.39 is 0 Å². The van der Waals surface area contributed by atoms with Gasteiger partial charge in [0.05, 0.1) is 6.07 Å². The Morgan fingerprint density at radius 2 is 2.19 bits per heavy atom. The van der Waals surface area contributed by atoms with Crippen LogP contribution in [0.1, 0.15) is 24.8 Å². The van der Waals surface area contributed by atoms with Crippen molar-refractivity contribution in [3.05, 3.63) is 35.6 Å². The molecular formula is C13H17FN2. The minimum absolute atomic E-state index is 0.185. The van der Waals surface area contributed by atoms with Gasteiger partial charge >= 0.3 is 0 Å². The summed E-state index contributed by atoms with van der Waals surface area (Å²) in [6.45, 7) is 1.70. The van der Waals surface area contributed by atoms with Crippen molar-refractivity contribution in [2.45, 2.75) is 25.8 Å². The predicted octanol–water partition coefficient (Wildman–Crippen LogP) is 2.95. The molecule has 0 saturated heterocycles. The summed E-state index contributed by atoms with van der Waals surface area (Å²) in [6.07, 6.45) is 2.57. The number of nitriles is 1. The maximum atomic E-state index is 12.9. The highest BCUT2D eigenvalue weighted by atomic mass is 19.1. The molecule has 0 N–H and O–H groups in total. The normalized spacial score (nSPS) is 10.4. The molecule has 0 aliphatic rings.